The Balaban J connectivity index is 2.11. The molecule has 0 aliphatic carbocycles. The molecule has 2 rings (SSSR count). The molecule has 1 unspecified atom stereocenters. The van der Waals surface area contributed by atoms with E-state index in [1.165, 1.54) is 14.2 Å². The minimum absolute atomic E-state index is 0.214. The van der Waals surface area contributed by atoms with Gasteiger partial charge in [-0.15, -0.1) is 0 Å². The molecular weight excluding hydrogens is 336 g/mol. The van der Waals surface area contributed by atoms with E-state index in [0.717, 1.165) is 5.69 Å². The molecule has 26 heavy (non-hydrogen) atoms. The average Bonchev–Trinajstić information content (AvgIpc) is 2.65. The van der Waals surface area contributed by atoms with Crippen LogP contribution in [0.4, 0.5) is 0 Å². The standard InChI is InChI=1S/C19H22N2O5/c1-25-14-7-8-15(17(11-14)26-2)16(12-19(23)24)21-18(22)9-6-13-5-3-4-10-20-13/h3-5,7-8,10-11,16H,6,9,12H2,1-2H3,(H,21,22)(H,23,24). The van der Waals surface area contributed by atoms with Crippen LogP contribution in [0.5, 0.6) is 11.5 Å². The maximum absolute atomic E-state index is 12.3. The number of nitrogens with zero attached hydrogens (tertiary/aromatic N) is 1. The second-order valence-electron chi connectivity index (χ2n) is 5.65. The summed E-state index contributed by atoms with van der Waals surface area (Å²) >= 11 is 0. The lowest BCUT2D eigenvalue weighted by molar-refractivity contribution is -0.137. The van der Waals surface area contributed by atoms with Crippen molar-refractivity contribution in [2.45, 2.75) is 25.3 Å². The van der Waals surface area contributed by atoms with Crippen LogP contribution in [0.15, 0.2) is 42.6 Å². The second-order valence-corrected chi connectivity index (χ2v) is 5.65. The average molecular weight is 358 g/mol. The minimum Gasteiger partial charge on any atom is -0.497 e. The molecule has 1 aromatic carbocycles. The number of pyridine rings is 1. The van der Waals surface area contributed by atoms with E-state index >= 15 is 0 Å². The molecule has 1 heterocycles. The van der Waals surface area contributed by atoms with Crippen LogP contribution < -0.4 is 14.8 Å². The van der Waals surface area contributed by atoms with E-state index in [1.807, 2.05) is 18.2 Å². The van der Waals surface area contributed by atoms with E-state index in [1.54, 1.807) is 24.4 Å². The Morgan fingerprint density at radius 1 is 1.19 bits per heavy atom. The molecule has 2 N–H and O–H groups in total. The van der Waals surface area contributed by atoms with Crippen LogP contribution in [0.2, 0.25) is 0 Å². The SMILES string of the molecule is COc1ccc(C(CC(=O)O)NC(=O)CCc2ccccn2)c(OC)c1. The zero-order chi connectivity index (χ0) is 18.9. The Bertz CT molecular complexity index is 749. The topological polar surface area (TPSA) is 97.8 Å². The summed E-state index contributed by atoms with van der Waals surface area (Å²) < 4.78 is 10.5. The van der Waals surface area contributed by atoms with Gasteiger partial charge in [-0.1, -0.05) is 6.07 Å². The first-order valence-corrected chi connectivity index (χ1v) is 8.16. The fourth-order valence-electron chi connectivity index (χ4n) is 2.57. The molecule has 0 bridgehead atoms. The largest absolute Gasteiger partial charge is 0.497 e. The molecule has 0 radical (unpaired) electrons. The molecule has 0 spiro atoms. The maximum atomic E-state index is 12.3. The van der Waals surface area contributed by atoms with E-state index < -0.39 is 12.0 Å². The summed E-state index contributed by atoms with van der Waals surface area (Å²) in [7, 11) is 3.02. The first kappa shape index (κ1) is 19.2. The van der Waals surface area contributed by atoms with Crippen LogP contribution in [0.25, 0.3) is 0 Å². The predicted octanol–water partition coefficient (Wildman–Crippen LogP) is 2.36. The number of aromatic nitrogens is 1. The quantitative estimate of drug-likeness (QED) is 0.714. The van der Waals surface area contributed by atoms with E-state index in [9.17, 15) is 14.7 Å². The number of carboxylic acid groups (broad SMARTS) is 1. The third-order valence-corrected chi connectivity index (χ3v) is 3.86. The first-order chi connectivity index (χ1) is 12.5. The number of carbonyl (C=O) groups is 2. The number of benzene rings is 1. The zero-order valence-electron chi connectivity index (χ0n) is 14.8. The maximum Gasteiger partial charge on any atom is 0.305 e. The number of aryl methyl sites for hydroxylation is 1. The Morgan fingerprint density at radius 3 is 2.62 bits per heavy atom. The van der Waals surface area contributed by atoms with Gasteiger partial charge in [-0.3, -0.25) is 14.6 Å². The highest BCUT2D eigenvalue weighted by Crippen LogP contribution is 2.31. The summed E-state index contributed by atoms with van der Waals surface area (Å²) in [6.07, 6.45) is 2.11. The van der Waals surface area contributed by atoms with Gasteiger partial charge in [-0.2, -0.15) is 0 Å². The molecule has 0 saturated carbocycles. The zero-order valence-corrected chi connectivity index (χ0v) is 14.8. The summed E-state index contributed by atoms with van der Waals surface area (Å²) in [6.45, 7) is 0. The van der Waals surface area contributed by atoms with Crippen molar-refractivity contribution in [3.63, 3.8) is 0 Å². The molecule has 0 fully saturated rings. The molecule has 1 amide bonds. The summed E-state index contributed by atoms with van der Waals surface area (Å²) in [5, 5.41) is 12.0. The molecule has 138 valence electrons. The monoisotopic (exact) mass is 358 g/mol. The van der Waals surface area contributed by atoms with Gasteiger partial charge in [0.15, 0.2) is 0 Å². The Hall–Kier alpha value is -3.09. The van der Waals surface area contributed by atoms with Crippen molar-refractivity contribution in [3.05, 3.63) is 53.9 Å². The van der Waals surface area contributed by atoms with Crippen LogP contribution in [-0.2, 0) is 16.0 Å². The van der Waals surface area contributed by atoms with Crippen molar-refractivity contribution in [3.8, 4) is 11.5 Å². The number of methoxy groups -OCH3 is 2. The third-order valence-electron chi connectivity index (χ3n) is 3.86. The van der Waals surface area contributed by atoms with E-state index in [2.05, 4.69) is 10.3 Å². The molecular formula is C19H22N2O5. The van der Waals surface area contributed by atoms with Gasteiger partial charge in [0.1, 0.15) is 11.5 Å². The van der Waals surface area contributed by atoms with Crippen LogP contribution in [0.1, 0.15) is 30.1 Å². The third kappa shape index (κ3) is 5.47. The van der Waals surface area contributed by atoms with Crippen molar-refractivity contribution >= 4 is 11.9 Å². The Labute approximate surface area is 152 Å². The summed E-state index contributed by atoms with van der Waals surface area (Å²) in [4.78, 5) is 27.7. The minimum atomic E-state index is -1.02. The van der Waals surface area contributed by atoms with Crippen molar-refractivity contribution in [2.75, 3.05) is 14.2 Å². The Morgan fingerprint density at radius 2 is 2.00 bits per heavy atom. The number of aliphatic carboxylic acids is 1. The van der Waals surface area contributed by atoms with Crippen LogP contribution in [-0.4, -0.2) is 36.2 Å². The molecule has 7 heteroatoms. The number of rotatable bonds is 9. The molecule has 0 aliphatic heterocycles. The molecule has 2 aromatic rings. The molecule has 1 atom stereocenters. The van der Waals surface area contributed by atoms with Gasteiger partial charge in [0.25, 0.3) is 0 Å². The van der Waals surface area contributed by atoms with Crippen molar-refractivity contribution in [1.29, 1.82) is 0 Å². The second kappa shape index (κ2) is 9.41. The highest BCUT2D eigenvalue weighted by molar-refractivity contribution is 5.78. The van der Waals surface area contributed by atoms with Gasteiger partial charge in [-0.05, 0) is 30.7 Å². The van der Waals surface area contributed by atoms with E-state index in [-0.39, 0.29) is 18.7 Å². The first-order valence-electron chi connectivity index (χ1n) is 8.16. The van der Waals surface area contributed by atoms with E-state index in [0.29, 0.717) is 23.5 Å². The van der Waals surface area contributed by atoms with E-state index in [4.69, 9.17) is 9.47 Å². The van der Waals surface area contributed by atoms with Crippen LogP contribution in [0, 0.1) is 0 Å². The number of amides is 1. The van der Waals surface area contributed by atoms with Crippen LogP contribution >= 0.6 is 0 Å². The number of carboxylic acids is 1. The van der Waals surface area contributed by atoms with Crippen molar-refractivity contribution in [1.82, 2.24) is 10.3 Å². The lowest BCUT2D eigenvalue weighted by Crippen LogP contribution is -2.30. The highest BCUT2D eigenvalue weighted by Gasteiger charge is 2.22. The molecule has 7 nitrogen and oxygen atoms in total. The fourth-order valence-corrected chi connectivity index (χ4v) is 2.57. The summed E-state index contributed by atoms with van der Waals surface area (Å²) in [5.74, 6) is -0.223. The summed E-state index contributed by atoms with van der Waals surface area (Å²) in [6, 6.07) is 9.86. The highest BCUT2D eigenvalue weighted by atomic mass is 16.5. The van der Waals surface area contributed by atoms with Gasteiger partial charge in [0.05, 0.1) is 26.7 Å². The predicted molar refractivity (Wildman–Crippen MR) is 95.2 cm³/mol. The van der Waals surface area contributed by atoms with Crippen molar-refractivity contribution < 1.29 is 24.2 Å². The lowest BCUT2D eigenvalue weighted by Gasteiger charge is -2.20. The number of hydrogen-bond donors (Lipinski definition) is 2. The summed E-state index contributed by atoms with van der Waals surface area (Å²) in [5.41, 5.74) is 1.39. The van der Waals surface area contributed by atoms with Gasteiger partial charge < -0.3 is 19.9 Å². The number of carbonyl (C=O) groups excluding carboxylic acids is 1. The number of hydrogen-bond acceptors (Lipinski definition) is 5. The normalized spacial score (nSPS) is 11.5. The molecule has 0 aliphatic rings. The molecule has 1 aromatic heterocycles. The lowest BCUT2D eigenvalue weighted by atomic mass is 10.0. The van der Waals surface area contributed by atoms with Crippen LogP contribution in [0.3, 0.4) is 0 Å². The number of ether oxygens (including phenoxy) is 2. The van der Waals surface area contributed by atoms with Crippen molar-refractivity contribution in [2.24, 2.45) is 0 Å². The molecule has 0 saturated heterocycles. The number of nitrogens with one attached hydrogen (secondary N) is 1. The fraction of sp³-hybridized carbons (Fsp3) is 0.316. The van der Waals surface area contributed by atoms with Gasteiger partial charge >= 0.3 is 5.97 Å². The van der Waals surface area contributed by atoms with Gasteiger partial charge in [0, 0.05) is 29.9 Å². The van der Waals surface area contributed by atoms with Gasteiger partial charge in [-0.25, -0.2) is 0 Å². The van der Waals surface area contributed by atoms with Gasteiger partial charge in [0.2, 0.25) is 5.91 Å². The Kier molecular flexibility index (Phi) is 6.96. The smallest absolute Gasteiger partial charge is 0.305 e.